The molecule has 0 bridgehead atoms. The molecule has 0 aliphatic carbocycles. The van der Waals surface area contributed by atoms with E-state index in [1.165, 1.54) is 0 Å². The average Bonchev–Trinajstić information content (AvgIpc) is 2.72. The lowest BCUT2D eigenvalue weighted by Crippen LogP contribution is -2.23. The topological polar surface area (TPSA) is 52.6 Å². The van der Waals surface area contributed by atoms with Gasteiger partial charge in [0, 0.05) is 6.42 Å². The Morgan fingerprint density at radius 1 is 1.23 bits per heavy atom. The van der Waals surface area contributed by atoms with Gasteiger partial charge in [0.25, 0.3) is 6.71 Å². The van der Waals surface area contributed by atoms with Crippen molar-refractivity contribution in [2.75, 3.05) is 13.2 Å². The SMILES string of the molecule is C=C(CB1C(=C)C(C)=CC1=O)OCCCCCOC(=O)CC. The molecule has 22 heavy (non-hydrogen) atoms. The predicted octanol–water partition coefficient (Wildman–Crippen LogP) is 3.30. The Kier molecular flexibility index (Phi) is 7.71. The van der Waals surface area contributed by atoms with Gasteiger partial charge in [-0.15, -0.1) is 6.58 Å². The highest BCUT2D eigenvalue weighted by molar-refractivity contribution is 6.99. The molecule has 0 N–H and O–H groups in total. The number of allylic oxidation sites excluding steroid dienone is 4. The minimum Gasteiger partial charge on any atom is -0.499 e. The van der Waals surface area contributed by atoms with E-state index in [9.17, 15) is 9.59 Å². The third-order valence-electron chi connectivity index (χ3n) is 3.71. The van der Waals surface area contributed by atoms with Crippen molar-refractivity contribution < 1.29 is 19.1 Å². The van der Waals surface area contributed by atoms with Crippen LogP contribution in [0.3, 0.4) is 0 Å². The molecule has 0 saturated carbocycles. The molecule has 0 amide bonds. The maximum absolute atomic E-state index is 11.8. The zero-order chi connectivity index (χ0) is 16.5. The first-order valence-corrected chi connectivity index (χ1v) is 7.83. The standard InChI is InChI=1S/C17H25BO4/c1-5-17(20)22-10-8-6-7-9-21-14(3)12-18-15(4)13(2)11-16(18)19/h11H,3-10,12H2,1-2H3. The fourth-order valence-electron chi connectivity index (χ4n) is 2.25. The van der Waals surface area contributed by atoms with Crippen LogP contribution in [0.4, 0.5) is 0 Å². The molecule has 120 valence electrons. The van der Waals surface area contributed by atoms with Crippen LogP contribution in [0.5, 0.6) is 0 Å². The fraction of sp³-hybridized carbons (Fsp3) is 0.529. The van der Waals surface area contributed by atoms with Crippen LogP contribution in [0.1, 0.15) is 39.5 Å². The number of unbranched alkanes of at least 4 members (excludes halogenated alkanes) is 2. The van der Waals surface area contributed by atoms with Crippen LogP contribution in [0.2, 0.25) is 6.32 Å². The molecular weight excluding hydrogens is 279 g/mol. The summed E-state index contributed by atoms with van der Waals surface area (Å²) in [6, 6.07) is 0. The molecule has 0 aromatic rings. The number of carbonyl (C=O) groups excluding carboxylic acids is 2. The Labute approximate surface area is 133 Å². The van der Waals surface area contributed by atoms with E-state index < -0.39 is 0 Å². The molecular formula is C17H25BO4. The van der Waals surface area contributed by atoms with Gasteiger partial charge in [0.15, 0.2) is 0 Å². The zero-order valence-electron chi connectivity index (χ0n) is 13.7. The average molecular weight is 304 g/mol. The minimum absolute atomic E-state index is 0.0880. The van der Waals surface area contributed by atoms with Crippen LogP contribution in [-0.2, 0) is 19.1 Å². The van der Waals surface area contributed by atoms with Crippen LogP contribution < -0.4 is 0 Å². The van der Waals surface area contributed by atoms with Crippen molar-refractivity contribution in [3.8, 4) is 0 Å². The Morgan fingerprint density at radius 2 is 1.86 bits per heavy atom. The summed E-state index contributed by atoms with van der Waals surface area (Å²) in [6.45, 7) is 12.3. The van der Waals surface area contributed by atoms with Crippen molar-refractivity contribution in [1.82, 2.24) is 0 Å². The van der Waals surface area contributed by atoms with E-state index in [-0.39, 0.29) is 18.4 Å². The van der Waals surface area contributed by atoms with Gasteiger partial charge in [-0.25, -0.2) is 0 Å². The highest BCUT2D eigenvalue weighted by Crippen LogP contribution is 2.24. The largest absolute Gasteiger partial charge is 0.499 e. The quantitative estimate of drug-likeness (QED) is 0.269. The number of hydrogen-bond acceptors (Lipinski definition) is 4. The van der Waals surface area contributed by atoms with Crippen molar-refractivity contribution in [2.45, 2.75) is 45.9 Å². The Bertz CT molecular complexity index is 479. The maximum atomic E-state index is 11.8. The Hall–Kier alpha value is -1.78. The van der Waals surface area contributed by atoms with Gasteiger partial charge in [0.05, 0.1) is 19.0 Å². The highest BCUT2D eigenvalue weighted by Gasteiger charge is 2.32. The van der Waals surface area contributed by atoms with Crippen LogP contribution in [0, 0.1) is 0 Å². The summed E-state index contributed by atoms with van der Waals surface area (Å²) in [5, 5.41) is 0. The Morgan fingerprint density at radius 3 is 2.41 bits per heavy atom. The van der Waals surface area contributed by atoms with E-state index in [0.29, 0.717) is 31.7 Å². The molecule has 0 saturated heterocycles. The molecule has 1 aliphatic heterocycles. The van der Waals surface area contributed by atoms with Crippen LogP contribution >= 0.6 is 0 Å². The van der Waals surface area contributed by atoms with Gasteiger partial charge in [0.1, 0.15) is 5.68 Å². The number of ether oxygens (including phenoxy) is 2. The Balaban J connectivity index is 2.08. The number of carbonyl (C=O) groups is 2. The summed E-state index contributed by atoms with van der Waals surface area (Å²) < 4.78 is 10.6. The lowest BCUT2D eigenvalue weighted by Gasteiger charge is -2.12. The fourth-order valence-corrected chi connectivity index (χ4v) is 2.25. The van der Waals surface area contributed by atoms with E-state index in [1.54, 1.807) is 13.0 Å². The number of esters is 1. The molecule has 5 heteroatoms. The molecule has 0 spiro atoms. The van der Waals surface area contributed by atoms with Gasteiger partial charge in [-0.1, -0.05) is 24.5 Å². The molecule has 1 aliphatic rings. The van der Waals surface area contributed by atoms with Gasteiger partial charge in [-0.2, -0.15) is 0 Å². The summed E-state index contributed by atoms with van der Waals surface area (Å²) in [5.74, 6) is 0.468. The molecule has 1 rings (SSSR count). The van der Waals surface area contributed by atoms with Crippen molar-refractivity contribution >= 4 is 18.4 Å². The molecule has 0 unspecified atom stereocenters. The smallest absolute Gasteiger partial charge is 0.305 e. The molecule has 1 heterocycles. The first kappa shape index (κ1) is 18.3. The van der Waals surface area contributed by atoms with Gasteiger partial charge in [0.2, 0.25) is 0 Å². The summed E-state index contributed by atoms with van der Waals surface area (Å²) in [5.41, 5.74) is 1.90. The normalized spacial score (nSPS) is 14.1. The molecule has 4 nitrogen and oxygen atoms in total. The van der Waals surface area contributed by atoms with Gasteiger partial charge in [-0.05, 0) is 38.6 Å². The monoisotopic (exact) mass is 304 g/mol. The third kappa shape index (κ3) is 5.92. The molecule has 0 radical (unpaired) electrons. The number of rotatable bonds is 10. The molecule has 0 aromatic heterocycles. The van der Waals surface area contributed by atoms with E-state index in [4.69, 9.17) is 9.47 Å². The van der Waals surface area contributed by atoms with E-state index in [1.807, 2.05) is 6.92 Å². The summed E-state index contributed by atoms with van der Waals surface area (Å²) in [6.07, 6.45) is 5.20. The van der Waals surface area contributed by atoms with Crippen molar-refractivity contribution in [3.63, 3.8) is 0 Å². The zero-order valence-corrected chi connectivity index (χ0v) is 13.7. The van der Waals surface area contributed by atoms with Crippen LogP contribution in [0.15, 0.2) is 36.0 Å². The second-order valence-corrected chi connectivity index (χ2v) is 5.53. The van der Waals surface area contributed by atoms with Crippen molar-refractivity contribution in [2.24, 2.45) is 0 Å². The maximum Gasteiger partial charge on any atom is 0.305 e. The van der Waals surface area contributed by atoms with Crippen LogP contribution in [-0.4, -0.2) is 31.6 Å². The van der Waals surface area contributed by atoms with Crippen molar-refractivity contribution in [1.29, 1.82) is 0 Å². The first-order valence-electron chi connectivity index (χ1n) is 7.83. The number of hydrogen-bond donors (Lipinski definition) is 0. The second kappa shape index (κ2) is 9.28. The van der Waals surface area contributed by atoms with Gasteiger partial charge in [-0.3, -0.25) is 4.79 Å². The summed E-state index contributed by atoms with van der Waals surface area (Å²) in [7, 11) is 0. The van der Waals surface area contributed by atoms with E-state index >= 15 is 0 Å². The van der Waals surface area contributed by atoms with Gasteiger partial charge < -0.3 is 14.3 Å². The molecule has 0 fully saturated rings. The predicted molar refractivity (Wildman–Crippen MR) is 88.7 cm³/mol. The lowest BCUT2D eigenvalue weighted by atomic mass is 9.41. The van der Waals surface area contributed by atoms with Gasteiger partial charge >= 0.3 is 5.97 Å². The minimum atomic E-state index is -0.207. The highest BCUT2D eigenvalue weighted by atomic mass is 16.5. The molecule has 0 aromatic carbocycles. The third-order valence-corrected chi connectivity index (χ3v) is 3.71. The van der Waals surface area contributed by atoms with Crippen LogP contribution in [0.25, 0.3) is 0 Å². The van der Waals surface area contributed by atoms with E-state index in [0.717, 1.165) is 30.3 Å². The molecule has 0 atom stereocenters. The van der Waals surface area contributed by atoms with Crippen molar-refractivity contribution in [3.05, 3.63) is 36.0 Å². The van der Waals surface area contributed by atoms with E-state index in [2.05, 4.69) is 13.2 Å². The first-order chi connectivity index (χ1) is 10.5. The lowest BCUT2D eigenvalue weighted by molar-refractivity contribution is -0.143. The second-order valence-electron chi connectivity index (χ2n) is 5.53. The summed E-state index contributed by atoms with van der Waals surface area (Å²) in [4.78, 5) is 22.7. The summed E-state index contributed by atoms with van der Waals surface area (Å²) >= 11 is 0.